The van der Waals surface area contributed by atoms with Crippen molar-refractivity contribution in [1.29, 1.82) is 0 Å². The fourth-order valence-corrected chi connectivity index (χ4v) is 3.50. The first-order chi connectivity index (χ1) is 7.94. The first kappa shape index (κ1) is 12.4. The van der Waals surface area contributed by atoms with Gasteiger partial charge in [0.2, 0.25) is 10.0 Å². The molecule has 0 aliphatic heterocycles. The van der Waals surface area contributed by atoms with Crippen LogP contribution in [0.4, 0.5) is 5.69 Å². The highest BCUT2D eigenvalue weighted by Gasteiger charge is 2.36. The molecule has 4 nitrogen and oxygen atoms in total. The largest absolute Gasteiger partial charge is 0.398 e. The Balaban J connectivity index is 2.32. The van der Waals surface area contributed by atoms with Crippen LogP contribution in [0.15, 0.2) is 29.2 Å². The summed E-state index contributed by atoms with van der Waals surface area (Å²) in [5, 5.41) is 0. The maximum Gasteiger partial charge on any atom is 0.245 e. The summed E-state index contributed by atoms with van der Waals surface area (Å²) in [6.45, 7) is 1.95. The zero-order chi connectivity index (χ0) is 12.6. The molecule has 0 saturated heterocycles. The molecule has 0 bridgehead atoms. The number of para-hydroxylation sites is 1. The molecule has 1 aliphatic rings. The molecule has 0 spiro atoms. The third-order valence-corrected chi connectivity index (χ3v) is 5.47. The summed E-state index contributed by atoms with van der Waals surface area (Å²) < 4.78 is 26.2. The third-order valence-electron chi connectivity index (χ3n) is 3.45. The number of nitrogen functional groups attached to an aromatic ring is 1. The summed E-state index contributed by atoms with van der Waals surface area (Å²) in [6, 6.07) is 6.64. The highest BCUT2D eigenvalue weighted by Crippen LogP contribution is 2.36. The van der Waals surface area contributed by atoms with Gasteiger partial charge in [-0.05, 0) is 37.8 Å². The minimum absolute atomic E-state index is 0.0413. The lowest BCUT2D eigenvalue weighted by molar-refractivity contribution is 0.357. The molecular formula is C12H18N2O2S. The van der Waals surface area contributed by atoms with E-state index in [-0.39, 0.29) is 10.9 Å². The van der Waals surface area contributed by atoms with E-state index < -0.39 is 10.0 Å². The number of nitrogens with zero attached hydrogens (tertiary/aromatic N) is 1. The van der Waals surface area contributed by atoms with E-state index in [4.69, 9.17) is 5.73 Å². The number of benzene rings is 1. The van der Waals surface area contributed by atoms with Crippen LogP contribution >= 0.6 is 0 Å². The molecular weight excluding hydrogens is 236 g/mol. The van der Waals surface area contributed by atoms with E-state index >= 15 is 0 Å². The lowest BCUT2D eigenvalue weighted by Gasteiger charge is -2.24. The van der Waals surface area contributed by atoms with Crippen molar-refractivity contribution in [1.82, 2.24) is 4.31 Å². The van der Waals surface area contributed by atoms with Crippen LogP contribution in [0, 0.1) is 5.92 Å². The Hall–Kier alpha value is -1.07. The van der Waals surface area contributed by atoms with Gasteiger partial charge >= 0.3 is 0 Å². The number of sulfonamides is 1. The van der Waals surface area contributed by atoms with Gasteiger partial charge in [0.15, 0.2) is 0 Å². The van der Waals surface area contributed by atoms with Gasteiger partial charge < -0.3 is 5.73 Å². The first-order valence-corrected chi connectivity index (χ1v) is 7.21. The van der Waals surface area contributed by atoms with Crippen molar-refractivity contribution in [2.45, 2.75) is 30.7 Å². The van der Waals surface area contributed by atoms with E-state index in [1.807, 2.05) is 6.92 Å². The summed E-state index contributed by atoms with van der Waals surface area (Å²) in [4.78, 5) is 0.204. The number of hydrogen-bond acceptors (Lipinski definition) is 3. The number of rotatable bonds is 4. The van der Waals surface area contributed by atoms with Crippen molar-refractivity contribution in [2.75, 3.05) is 12.8 Å². The van der Waals surface area contributed by atoms with Gasteiger partial charge in [0.25, 0.3) is 0 Å². The van der Waals surface area contributed by atoms with Crippen molar-refractivity contribution in [3.8, 4) is 0 Å². The smallest absolute Gasteiger partial charge is 0.245 e. The number of hydrogen-bond donors (Lipinski definition) is 1. The average molecular weight is 254 g/mol. The molecule has 0 radical (unpaired) electrons. The Morgan fingerprint density at radius 2 is 1.94 bits per heavy atom. The highest BCUT2D eigenvalue weighted by atomic mass is 32.2. The molecule has 1 aromatic rings. The monoisotopic (exact) mass is 254 g/mol. The van der Waals surface area contributed by atoms with Crippen LogP contribution in [-0.2, 0) is 10.0 Å². The Morgan fingerprint density at radius 3 is 2.47 bits per heavy atom. The highest BCUT2D eigenvalue weighted by molar-refractivity contribution is 7.89. The van der Waals surface area contributed by atoms with E-state index in [0.29, 0.717) is 11.6 Å². The van der Waals surface area contributed by atoms with E-state index in [0.717, 1.165) is 12.8 Å². The molecule has 1 saturated carbocycles. The molecule has 1 fully saturated rings. The summed E-state index contributed by atoms with van der Waals surface area (Å²) in [5.74, 6) is 0.500. The fraction of sp³-hybridized carbons (Fsp3) is 0.500. The predicted octanol–water partition coefficient (Wildman–Crippen LogP) is 1.69. The topological polar surface area (TPSA) is 63.4 Å². The maximum atomic E-state index is 12.4. The minimum atomic E-state index is -3.47. The molecule has 0 aromatic heterocycles. The first-order valence-electron chi connectivity index (χ1n) is 5.77. The van der Waals surface area contributed by atoms with Gasteiger partial charge in [0.05, 0.1) is 5.69 Å². The lowest BCUT2D eigenvalue weighted by atomic mass is 10.2. The second kappa shape index (κ2) is 4.31. The molecule has 1 aromatic carbocycles. The van der Waals surface area contributed by atoms with Crippen LogP contribution in [0.3, 0.4) is 0 Å². The Kier molecular flexibility index (Phi) is 3.14. The predicted molar refractivity (Wildman–Crippen MR) is 68.0 cm³/mol. The Bertz CT molecular complexity index is 509. The van der Waals surface area contributed by atoms with Gasteiger partial charge in [-0.1, -0.05) is 12.1 Å². The van der Waals surface area contributed by atoms with Crippen molar-refractivity contribution in [2.24, 2.45) is 5.92 Å². The molecule has 0 heterocycles. The summed E-state index contributed by atoms with van der Waals surface area (Å²) in [7, 11) is -1.84. The van der Waals surface area contributed by atoms with Crippen LogP contribution in [0.5, 0.6) is 0 Å². The van der Waals surface area contributed by atoms with Gasteiger partial charge in [-0.2, -0.15) is 4.31 Å². The fourth-order valence-electron chi connectivity index (χ4n) is 1.96. The molecule has 1 unspecified atom stereocenters. The number of anilines is 1. The van der Waals surface area contributed by atoms with Crippen LogP contribution in [0.25, 0.3) is 0 Å². The molecule has 2 rings (SSSR count). The SMILES string of the molecule is CC(C1CC1)N(C)S(=O)(=O)c1ccccc1N. The Labute approximate surface area is 102 Å². The molecule has 1 aliphatic carbocycles. The average Bonchev–Trinajstić information content (AvgIpc) is 3.11. The molecule has 94 valence electrons. The molecule has 0 amide bonds. The van der Waals surface area contributed by atoms with Gasteiger partial charge in [-0.25, -0.2) is 8.42 Å². The summed E-state index contributed by atoms with van der Waals surface area (Å²) >= 11 is 0. The summed E-state index contributed by atoms with van der Waals surface area (Å²) in [6.07, 6.45) is 2.23. The quantitative estimate of drug-likeness (QED) is 0.832. The zero-order valence-electron chi connectivity index (χ0n) is 10.1. The molecule has 2 N–H and O–H groups in total. The van der Waals surface area contributed by atoms with Gasteiger partial charge in [-0.15, -0.1) is 0 Å². The van der Waals surface area contributed by atoms with E-state index in [1.165, 1.54) is 4.31 Å². The molecule has 1 atom stereocenters. The van der Waals surface area contributed by atoms with Crippen LogP contribution in [-0.4, -0.2) is 25.8 Å². The maximum absolute atomic E-state index is 12.4. The van der Waals surface area contributed by atoms with Crippen LogP contribution < -0.4 is 5.73 Å². The number of nitrogens with two attached hydrogens (primary N) is 1. The molecule has 5 heteroatoms. The van der Waals surface area contributed by atoms with Crippen molar-refractivity contribution in [3.63, 3.8) is 0 Å². The van der Waals surface area contributed by atoms with E-state index in [9.17, 15) is 8.42 Å². The third kappa shape index (κ3) is 2.30. The van der Waals surface area contributed by atoms with Gasteiger partial charge in [0, 0.05) is 13.1 Å². The van der Waals surface area contributed by atoms with Gasteiger partial charge in [-0.3, -0.25) is 0 Å². The normalized spacial score (nSPS) is 18.3. The van der Waals surface area contributed by atoms with E-state index in [1.54, 1.807) is 31.3 Å². The minimum Gasteiger partial charge on any atom is -0.398 e. The van der Waals surface area contributed by atoms with Crippen LogP contribution in [0.1, 0.15) is 19.8 Å². The second-order valence-electron chi connectivity index (χ2n) is 4.64. The second-order valence-corrected chi connectivity index (χ2v) is 6.60. The van der Waals surface area contributed by atoms with Crippen molar-refractivity contribution >= 4 is 15.7 Å². The van der Waals surface area contributed by atoms with Crippen molar-refractivity contribution < 1.29 is 8.42 Å². The van der Waals surface area contributed by atoms with E-state index in [2.05, 4.69) is 0 Å². The van der Waals surface area contributed by atoms with Crippen molar-refractivity contribution in [3.05, 3.63) is 24.3 Å². The molecule has 17 heavy (non-hydrogen) atoms. The zero-order valence-corrected chi connectivity index (χ0v) is 10.9. The van der Waals surface area contributed by atoms with Crippen LogP contribution in [0.2, 0.25) is 0 Å². The standard InChI is InChI=1S/C12H18N2O2S/c1-9(10-7-8-10)14(2)17(15,16)12-6-4-3-5-11(12)13/h3-6,9-10H,7-8,13H2,1-2H3. The van der Waals surface area contributed by atoms with Gasteiger partial charge in [0.1, 0.15) is 4.90 Å². The summed E-state index contributed by atoms with van der Waals surface area (Å²) in [5.41, 5.74) is 6.04. The lowest BCUT2D eigenvalue weighted by Crippen LogP contribution is -2.36. The Morgan fingerprint density at radius 1 is 1.35 bits per heavy atom.